The summed E-state index contributed by atoms with van der Waals surface area (Å²) in [6.07, 6.45) is -3.53. The summed E-state index contributed by atoms with van der Waals surface area (Å²) >= 11 is 0. The number of hydrogen-bond acceptors (Lipinski definition) is 2. The molecule has 6 heteroatoms. The van der Waals surface area contributed by atoms with E-state index in [-0.39, 0.29) is 37.5 Å². The number of nitrogens with two attached hydrogens (primary N) is 1. The molecule has 0 radical (unpaired) electrons. The third-order valence-electron chi connectivity index (χ3n) is 4.06. The van der Waals surface area contributed by atoms with E-state index in [4.69, 9.17) is 5.73 Å². The average Bonchev–Trinajstić information content (AvgIpc) is 2.47. The molecular weight excluding hydrogens is 281 g/mol. The van der Waals surface area contributed by atoms with Gasteiger partial charge >= 0.3 is 6.18 Å². The highest BCUT2D eigenvalue weighted by molar-refractivity contribution is 5.93. The molecule has 1 amide bonds. The van der Waals surface area contributed by atoms with Crippen molar-refractivity contribution in [1.82, 2.24) is 0 Å². The van der Waals surface area contributed by atoms with E-state index in [1.54, 1.807) is 12.1 Å². The summed E-state index contributed by atoms with van der Waals surface area (Å²) in [5.74, 6) is -1.83. The van der Waals surface area contributed by atoms with Crippen LogP contribution in [-0.4, -0.2) is 12.1 Å². The van der Waals surface area contributed by atoms with Crippen LogP contribution >= 0.6 is 0 Å². The van der Waals surface area contributed by atoms with Gasteiger partial charge in [-0.2, -0.15) is 13.2 Å². The normalized spacial score (nSPS) is 22.9. The number of carbonyl (C=O) groups excluding carboxylic acids is 1. The van der Waals surface area contributed by atoms with Crippen molar-refractivity contribution >= 4 is 11.6 Å². The number of para-hydroxylation sites is 1. The monoisotopic (exact) mass is 300 g/mol. The zero-order valence-corrected chi connectivity index (χ0v) is 11.6. The van der Waals surface area contributed by atoms with Crippen LogP contribution in [0.5, 0.6) is 0 Å². The third-order valence-corrected chi connectivity index (χ3v) is 4.06. The van der Waals surface area contributed by atoms with Gasteiger partial charge < -0.3 is 11.1 Å². The molecule has 0 atom stereocenters. The Balaban J connectivity index is 1.94. The quantitative estimate of drug-likeness (QED) is 0.898. The van der Waals surface area contributed by atoms with Crippen molar-refractivity contribution in [2.75, 3.05) is 5.32 Å². The molecule has 2 rings (SSSR count). The Kier molecular flexibility index (Phi) is 4.88. The zero-order valence-electron chi connectivity index (χ0n) is 11.6. The maximum Gasteiger partial charge on any atom is 0.391 e. The van der Waals surface area contributed by atoms with Gasteiger partial charge in [0.15, 0.2) is 0 Å². The minimum atomic E-state index is -4.15. The van der Waals surface area contributed by atoms with Crippen LogP contribution < -0.4 is 11.1 Å². The van der Waals surface area contributed by atoms with Crippen molar-refractivity contribution in [3.05, 3.63) is 29.8 Å². The summed E-state index contributed by atoms with van der Waals surface area (Å²) in [4.78, 5) is 12.2. The van der Waals surface area contributed by atoms with Crippen LogP contribution in [0, 0.1) is 11.8 Å². The lowest BCUT2D eigenvalue weighted by Gasteiger charge is -2.29. The summed E-state index contributed by atoms with van der Waals surface area (Å²) in [6, 6.07) is 7.18. The van der Waals surface area contributed by atoms with E-state index >= 15 is 0 Å². The van der Waals surface area contributed by atoms with E-state index in [0.717, 1.165) is 5.56 Å². The smallest absolute Gasteiger partial charge is 0.326 e. The number of alkyl halides is 3. The van der Waals surface area contributed by atoms with Gasteiger partial charge in [-0.15, -0.1) is 0 Å². The molecule has 3 nitrogen and oxygen atoms in total. The maximum atomic E-state index is 12.6. The molecule has 0 heterocycles. The first-order valence-electron chi connectivity index (χ1n) is 7.07. The lowest BCUT2D eigenvalue weighted by Crippen LogP contribution is -2.32. The van der Waals surface area contributed by atoms with Gasteiger partial charge in [0, 0.05) is 18.2 Å². The summed E-state index contributed by atoms with van der Waals surface area (Å²) in [7, 11) is 0. The molecule has 0 unspecified atom stereocenters. The van der Waals surface area contributed by atoms with Gasteiger partial charge in [0.05, 0.1) is 5.92 Å². The number of nitrogens with one attached hydrogen (secondary N) is 1. The van der Waals surface area contributed by atoms with Crippen LogP contribution in [0.25, 0.3) is 0 Å². The zero-order chi connectivity index (χ0) is 15.5. The van der Waals surface area contributed by atoms with Crippen molar-refractivity contribution in [1.29, 1.82) is 0 Å². The van der Waals surface area contributed by atoms with Crippen molar-refractivity contribution in [3.63, 3.8) is 0 Å². The van der Waals surface area contributed by atoms with Crippen LogP contribution in [0.2, 0.25) is 0 Å². The molecule has 0 aromatic heterocycles. The number of halogens is 3. The van der Waals surface area contributed by atoms with Gasteiger partial charge in [0.1, 0.15) is 0 Å². The molecule has 1 aliphatic rings. The predicted octanol–water partition coefficient (Wildman–Crippen LogP) is 3.45. The summed E-state index contributed by atoms with van der Waals surface area (Å²) < 4.78 is 37.8. The number of benzene rings is 1. The fourth-order valence-corrected chi connectivity index (χ4v) is 2.74. The molecule has 1 aromatic rings. The molecule has 0 saturated heterocycles. The summed E-state index contributed by atoms with van der Waals surface area (Å²) in [6.45, 7) is 0.303. The van der Waals surface area contributed by atoms with Crippen molar-refractivity contribution < 1.29 is 18.0 Å². The van der Waals surface area contributed by atoms with E-state index < -0.39 is 12.1 Å². The van der Waals surface area contributed by atoms with Gasteiger partial charge in [-0.1, -0.05) is 18.2 Å². The Morgan fingerprint density at radius 2 is 1.81 bits per heavy atom. The molecule has 1 aromatic carbocycles. The number of amides is 1. The Morgan fingerprint density at radius 3 is 2.38 bits per heavy atom. The van der Waals surface area contributed by atoms with Gasteiger partial charge in [-0.05, 0) is 37.3 Å². The Labute approximate surface area is 121 Å². The molecule has 1 aliphatic carbocycles. The fourth-order valence-electron chi connectivity index (χ4n) is 2.74. The minimum Gasteiger partial charge on any atom is -0.326 e. The lowest BCUT2D eigenvalue weighted by molar-refractivity contribution is -0.184. The standard InChI is InChI=1S/C15H19F3N2O/c16-15(17,18)12-7-5-10(6-8-12)14(21)20-13-4-2-1-3-11(13)9-19/h1-4,10,12H,5-9,19H2,(H,20,21). The first-order valence-corrected chi connectivity index (χ1v) is 7.07. The van der Waals surface area contributed by atoms with E-state index in [1.165, 1.54) is 0 Å². The van der Waals surface area contributed by atoms with Crippen molar-refractivity contribution in [3.8, 4) is 0 Å². The second-order valence-corrected chi connectivity index (χ2v) is 5.44. The molecular formula is C15H19F3N2O. The highest BCUT2D eigenvalue weighted by atomic mass is 19.4. The van der Waals surface area contributed by atoms with Crippen molar-refractivity contribution in [2.45, 2.75) is 38.4 Å². The van der Waals surface area contributed by atoms with E-state index in [0.29, 0.717) is 12.2 Å². The van der Waals surface area contributed by atoms with Gasteiger partial charge in [-0.3, -0.25) is 4.79 Å². The first-order chi connectivity index (χ1) is 9.91. The lowest BCUT2D eigenvalue weighted by atomic mass is 9.81. The Morgan fingerprint density at radius 1 is 1.19 bits per heavy atom. The van der Waals surface area contributed by atoms with Crippen LogP contribution in [0.3, 0.4) is 0 Å². The van der Waals surface area contributed by atoms with Gasteiger partial charge in [0.25, 0.3) is 0 Å². The van der Waals surface area contributed by atoms with Crippen LogP contribution in [-0.2, 0) is 11.3 Å². The largest absolute Gasteiger partial charge is 0.391 e. The first kappa shape index (κ1) is 15.8. The molecule has 1 saturated carbocycles. The van der Waals surface area contributed by atoms with Crippen LogP contribution in [0.1, 0.15) is 31.2 Å². The number of anilines is 1. The SMILES string of the molecule is NCc1ccccc1NC(=O)C1CCC(C(F)(F)F)CC1. The van der Waals surface area contributed by atoms with E-state index in [1.807, 2.05) is 12.1 Å². The van der Waals surface area contributed by atoms with Crippen LogP contribution in [0.4, 0.5) is 18.9 Å². The highest BCUT2D eigenvalue weighted by Crippen LogP contribution is 2.39. The van der Waals surface area contributed by atoms with Crippen LogP contribution in [0.15, 0.2) is 24.3 Å². The molecule has 21 heavy (non-hydrogen) atoms. The number of rotatable bonds is 3. The second kappa shape index (κ2) is 6.47. The van der Waals surface area contributed by atoms with Crippen molar-refractivity contribution in [2.24, 2.45) is 17.6 Å². The van der Waals surface area contributed by atoms with Gasteiger partial charge in [0.2, 0.25) is 5.91 Å². The Bertz CT molecular complexity index is 494. The van der Waals surface area contributed by atoms with E-state index in [2.05, 4.69) is 5.32 Å². The maximum absolute atomic E-state index is 12.6. The van der Waals surface area contributed by atoms with Gasteiger partial charge in [-0.25, -0.2) is 0 Å². The topological polar surface area (TPSA) is 55.1 Å². The third kappa shape index (κ3) is 3.97. The number of carbonyl (C=O) groups is 1. The fraction of sp³-hybridized carbons (Fsp3) is 0.533. The minimum absolute atomic E-state index is 0.0279. The average molecular weight is 300 g/mol. The van der Waals surface area contributed by atoms with E-state index in [9.17, 15) is 18.0 Å². The molecule has 3 N–H and O–H groups in total. The molecule has 116 valence electrons. The molecule has 1 fully saturated rings. The second-order valence-electron chi connectivity index (χ2n) is 5.44. The molecule has 0 bridgehead atoms. The Hall–Kier alpha value is -1.56. The highest BCUT2D eigenvalue weighted by Gasteiger charge is 2.42. The molecule has 0 aliphatic heterocycles. The summed E-state index contributed by atoms with van der Waals surface area (Å²) in [5.41, 5.74) is 7.05. The summed E-state index contributed by atoms with van der Waals surface area (Å²) in [5, 5.41) is 2.78. The number of hydrogen-bond donors (Lipinski definition) is 2. The predicted molar refractivity (Wildman–Crippen MR) is 74.5 cm³/mol. The molecule has 0 spiro atoms.